The maximum atomic E-state index is 5.34. The lowest BCUT2D eigenvalue weighted by atomic mass is 10.4. The molecule has 0 heterocycles. The Bertz CT molecular complexity index is 84.1. The minimum Gasteiger partial charge on any atom is -0.122 e. The number of rotatable bonds is 2. The molecule has 0 unspecified atom stereocenters. The number of alkyl halides is 1. The third-order valence-electron chi connectivity index (χ3n) is 0.557. The molecule has 0 aromatic heterocycles. The van der Waals surface area contributed by atoms with Crippen molar-refractivity contribution >= 4 is 23.2 Å². The molecule has 7 heavy (non-hydrogen) atoms. The summed E-state index contributed by atoms with van der Waals surface area (Å²) in [6.45, 7) is 3.47. The van der Waals surface area contributed by atoms with Gasteiger partial charge >= 0.3 is 0 Å². The third-order valence-corrected chi connectivity index (χ3v) is 1.15. The van der Waals surface area contributed by atoms with E-state index in [1.54, 1.807) is 6.08 Å². The molecular weight excluding hydrogens is 131 g/mol. The number of hydrogen-bond donors (Lipinski definition) is 0. The van der Waals surface area contributed by atoms with Crippen LogP contribution in [0, 0.1) is 0 Å². The standard InChI is InChI=1S/C5H6Cl2/c1-2-5(3-6)4-7/h2-3H,1,4H2/b5-3+. The monoisotopic (exact) mass is 136 g/mol. The lowest BCUT2D eigenvalue weighted by Gasteiger charge is -1.84. The summed E-state index contributed by atoms with van der Waals surface area (Å²) in [7, 11) is 0. The molecule has 0 aromatic rings. The predicted octanol–water partition coefficient (Wildman–Crippen LogP) is 2.53. The van der Waals surface area contributed by atoms with E-state index in [0.29, 0.717) is 5.88 Å². The van der Waals surface area contributed by atoms with Gasteiger partial charge in [0.25, 0.3) is 0 Å². The molecule has 40 valence electrons. The van der Waals surface area contributed by atoms with Crippen molar-refractivity contribution in [1.29, 1.82) is 0 Å². The number of halogens is 2. The van der Waals surface area contributed by atoms with E-state index in [2.05, 4.69) is 6.58 Å². The highest BCUT2D eigenvalue weighted by atomic mass is 35.5. The second-order valence-corrected chi connectivity index (χ2v) is 1.51. The molecule has 0 nitrogen and oxygen atoms in total. The van der Waals surface area contributed by atoms with Crippen molar-refractivity contribution < 1.29 is 0 Å². The van der Waals surface area contributed by atoms with Gasteiger partial charge in [-0.15, -0.1) is 11.6 Å². The van der Waals surface area contributed by atoms with Gasteiger partial charge in [-0.05, 0) is 5.57 Å². The molecule has 0 aromatic carbocycles. The molecule has 0 bridgehead atoms. The van der Waals surface area contributed by atoms with Gasteiger partial charge in [0.1, 0.15) is 0 Å². The summed E-state index contributed by atoms with van der Waals surface area (Å²) in [5.74, 6) is 0.438. The fraction of sp³-hybridized carbons (Fsp3) is 0.200. The molecule has 0 spiro atoms. The Balaban J connectivity index is 3.60. The van der Waals surface area contributed by atoms with E-state index in [1.165, 1.54) is 5.54 Å². The first-order valence-corrected chi connectivity index (χ1v) is 2.80. The summed E-state index contributed by atoms with van der Waals surface area (Å²) in [5, 5.41) is 0. The summed E-state index contributed by atoms with van der Waals surface area (Å²) >= 11 is 10.6. The van der Waals surface area contributed by atoms with Gasteiger partial charge in [-0.3, -0.25) is 0 Å². The van der Waals surface area contributed by atoms with Crippen LogP contribution in [0.15, 0.2) is 23.8 Å². The first-order chi connectivity index (χ1) is 3.35. The van der Waals surface area contributed by atoms with Gasteiger partial charge < -0.3 is 0 Å². The SMILES string of the molecule is C=C/C(=C\Cl)CCl. The Kier molecular flexibility index (Phi) is 4.26. The van der Waals surface area contributed by atoms with Crippen LogP contribution in [0.25, 0.3) is 0 Å². The van der Waals surface area contributed by atoms with E-state index in [9.17, 15) is 0 Å². The Morgan fingerprint density at radius 1 is 1.71 bits per heavy atom. The molecule has 0 rings (SSSR count). The lowest BCUT2D eigenvalue weighted by Crippen LogP contribution is -1.72. The summed E-state index contributed by atoms with van der Waals surface area (Å²) in [6, 6.07) is 0. The minimum atomic E-state index is 0.438. The smallest absolute Gasteiger partial charge is 0.0482 e. The summed E-state index contributed by atoms with van der Waals surface area (Å²) in [4.78, 5) is 0. The normalized spacial score (nSPS) is 11.4. The summed E-state index contributed by atoms with van der Waals surface area (Å²) in [6.07, 6.45) is 1.62. The van der Waals surface area contributed by atoms with Crippen LogP contribution < -0.4 is 0 Å². The molecule has 0 aliphatic rings. The van der Waals surface area contributed by atoms with Crippen molar-refractivity contribution in [3.05, 3.63) is 23.8 Å². The van der Waals surface area contributed by atoms with Crippen LogP contribution in [0.3, 0.4) is 0 Å². The molecule has 0 N–H and O–H groups in total. The van der Waals surface area contributed by atoms with Crippen LogP contribution in [0.2, 0.25) is 0 Å². The highest BCUT2D eigenvalue weighted by Crippen LogP contribution is 1.99. The average Bonchev–Trinajstić information content (AvgIpc) is 1.72. The van der Waals surface area contributed by atoms with E-state index in [-0.39, 0.29) is 0 Å². The van der Waals surface area contributed by atoms with Crippen molar-refractivity contribution in [2.24, 2.45) is 0 Å². The van der Waals surface area contributed by atoms with Crippen molar-refractivity contribution in [2.75, 3.05) is 5.88 Å². The molecule has 2 heteroatoms. The van der Waals surface area contributed by atoms with E-state index in [4.69, 9.17) is 23.2 Å². The number of allylic oxidation sites excluding steroid dienone is 2. The van der Waals surface area contributed by atoms with E-state index in [0.717, 1.165) is 5.57 Å². The third kappa shape index (κ3) is 2.72. The second kappa shape index (κ2) is 4.23. The maximum absolute atomic E-state index is 5.34. The van der Waals surface area contributed by atoms with Gasteiger partial charge in [0, 0.05) is 11.4 Å². The highest BCUT2D eigenvalue weighted by molar-refractivity contribution is 6.27. The number of hydrogen-bond acceptors (Lipinski definition) is 0. The largest absolute Gasteiger partial charge is 0.122 e. The summed E-state index contributed by atoms with van der Waals surface area (Å²) < 4.78 is 0. The van der Waals surface area contributed by atoms with Crippen molar-refractivity contribution in [3.8, 4) is 0 Å². The Labute approximate surface area is 53.4 Å². The molecular formula is C5H6Cl2. The molecule has 0 fully saturated rings. The van der Waals surface area contributed by atoms with Crippen molar-refractivity contribution in [1.82, 2.24) is 0 Å². The molecule has 0 saturated carbocycles. The zero-order valence-electron chi connectivity index (χ0n) is 3.82. The molecule has 0 radical (unpaired) electrons. The molecule has 0 amide bonds. The highest BCUT2D eigenvalue weighted by Gasteiger charge is 1.81. The predicted molar refractivity (Wildman–Crippen MR) is 34.9 cm³/mol. The van der Waals surface area contributed by atoms with Crippen molar-refractivity contribution in [3.63, 3.8) is 0 Å². The van der Waals surface area contributed by atoms with E-state index >= 15 is 0 Å². The van der Waals surface area contributed by atoms with Gasteiger partial charge in [-0.1, -0.05) is 24.3 Å². The first kappa shape index (κ1) is 7.06. The summed E-state index contributed by atoms with van der Waals surface area (Å²) in [5.41, 5.74) is 2.27. The van der Waals surface area contributed by atoms with E-state index in [1.807, 2.05) is 0 Å². The fourth-order valence-electron chi connectivity index (χ4n) is 0.128. The van der Waals surface area contributed by atoms with Crippen LogP contribution in [0.1, 0.15) is 0 Å². The zero-order valence-corrected chi connectivity index (χ0v) is 5.34. The molecule has 0 aliphatic carbocycles. The zero-order chi connectivity index (χ0) is 5.70. The average molecular weight is 137 g/mol. The van der Waals surface area contributed by atoms with Gasteiger partial charge in [0.2, 0.25) is 0 Å². The Morgan fingerprint density at radius 3 is 2.29 bits per heavy atom. The minimum absolute atomic E-state index is 0.438. The molecule has 0 saturated heterocycles. The van der Waals surface area contributed by atoms with Gasteiger partial charge in [0.15, 0.2) is 0 Å². The van der Waals surface area contributed by atoms with Gasteiger partial charge in [0.05, 0.1) is 0 Å². The lowest BCUT2D eigenvalue weighted by molar-refractivity contribution is 1.57. The first-order valence-electron chi connectivity index (χ1n) is 1.82. The van der Waals surface area contributed by atoms with E-state index < -0.39 is 0 Å². The topological polar surface area (TPSA) is 0 Å². The maximum Gasteiger partial charge on any atom is 0.0482 e. The van der Waals surface area contributed by atoms with Crippen LogP contribution in [0.4, 0.5) is 0 Å². The Hall–Kier alpha value is 0.0600. The molecule has 0 atom stereocenters. The quantitative estimate of drug-likeness (QED) is 0.405. The Morgan fingerprint density at radius 2 is 2.29 bits per heavy atom. The van der Waals surface area contributed by atoms with Crippen LogP contribution in [-0.2, 0) is 0 Å². The van der Waals surface area contributed by atoms with Crippen LogP contribution >= 0.6 is 23.2 Å². The van der Waals surface area contributed by atoms with Gasteiger partial charge in [-0.25, -0.2) is 0 Å². The van der Waals surface area contributed by atoms with Crippen molar-refractivity contribution in [2.45, 2.75) is 0 Å². The second-order valence-electron chi connectivity index (χ2n) is 1.02. The fourth-order valence-corrected chi connectivity index (χ4v) is 0.560. The van der Waals surface area contributed by atoms with Crippen LogP contribution in [0.5, 0.6) is 0 Å². The van der Waals surface area contributed by atoms with Gasteiger partial charge in [-0.2, -0.15) is 0 Å². The molecule has 0 aliphatic heterocycles. The van der Waals surface area contributed by atoms with Crippen LogP contribution in [-0.4, -0.2) is 5.88 Å².